The van der Waals surface area contributed by atoms with E-state index in [1.165, 1.54) is 0 Å². The van der Waals surface area contributed by atoms with Crippen LogP contribution in [0.4, 0.5) is 0 Å². The summed E-state index contributed by atoms with van der Waals surface area (Å²) < 4.78 is 5.81. The molecule has 2 rings (SSSR count). The number of halogens is 1. The Morgan fingerprint density at radius 3 is 2.76 bits per heavy atom. The summed E-state index contributed by atoms with van der Waals surface area (Å²) >= 11 is 5.16. The van der Waals surface area contributed by atoms with E-state index in [1.807, 2.05) is 25.1 Å². The molecule has 0 N–H and O–H groups in total. The molecule has 90 valence electrons. The van der Waals surface area contributed by atoms with Crippen molar-refractivity contribution >= 4 is 27.7 Å². The Morgan fingerprint density at radius 1 is 1.35 bits per heavy atom. The highest BCUT2D eigenvalue weighted by Crippen LogP contribution is 2.34. The van der Waals surface area contributed by atoms with Crippen LogP contribution in [0.25, 0.3) is 11.3 Å². The fourth-order valence-electron chi connectivity index (χ4n) is 1.69. The van der Waals surface area contributed by atoms with Crippen molar-refractivity contribution in [2.24, 2.45) is 0 Å². The van der Waals surface area contributed by atoms with E-state index >= 15 is 0 Å². The molecule has 0 amide bonds. The van der Waals surface area contributed by atoms with Crippen molar-refractivity contribution in [3.05, 3.63) is 40.1 Å². The van der Waals surface area contributed by atoms with Gasteiger partial charge in [0.15, 0.2) is 10.5 Å². The highest BCUT2D eigenvalue weighted by atomic mass is 79.9. The summed E-state index contributed by atoms with van der Waals surface area (Å²) in [7, 11) is 0. The fourth-order valence-corrected chi connectivity index (χ4v) is 2.64. The Morgan fingerprint density at radius 2 is 2.12 bits per heavy atom. The van der Waals surface area contributed by atoms with Crippen LogP contribution in [0.5, 0.6) is 0 Å². The van der Waals surface area contributed by atoms with E-state index in [4.69, 9.17) is 4.42 Å². The fraction of sp³-hybridized carbons (Fsp3) is 0.308. The average Bonchev–Trinajstić information content (AvgIpc) is 2.29. The van der Waals surface area contributed by atoms with Gasteiger partial charge in [-0.15, -0.1) is 0 Å². The van der Waals surface area contributed by atoms with E-state index in [2.05, 4.69) is 22.9 Å². The van der Waals surface area contributed by atoms with Gasteiger partial charge >= 0.3 is 0 Å². The van der Waals surface area contributed by atoms with Crippen LogP contribution in [-0.4, -0.2) is 5.75 Å². The second-order valence-electron chi connectivity index (χ2n) is 3.70. The van der Waals surface area contributed by atoms with E-state index in [9.17, 15) is 4.79 Å². The van der Waals surface area contributed by atoms with Gasteiger partial charge in [-0.05, 0) is 30.9 Å². The second kappa shape index (κ2) is 5.27. The lowest BCUT2D eigenvalue weighted by atomic mass is 10.0. The zero-order valence-electron chi connectivity index (χ0n) is 9.70. The molecular weight excluding hydrogens is 300 g/mol. The summed E-state index contributed by atoms with van der Waals surface area (Å²) in [5.41, 5.74) is 1.67. The molecule has 0 bridgehead atoms. The molecule has 2 aliphatic rings. The maximum Gasteiger partial charge on any atom is 0.189 e. The predicted molar refractivity (Wildman–Crippen MR) is 75.3 cm³/mol. The highest BCUT2D eigenvalue weighted by molar-refractivity contribution is 9.09. The van der Waals surface area contributed by atoms with Crippen LogP contribution < -0.4 is 5.43 Å². The van der Waals surface area contributed by atoms with Crippen LogP contribution in [-0.2, 0) is 0 Å². The molecule has 0 aromatic rings. The van der Waals surface area contributed by atoms with Crippen LogP contribution in [0.2, 0.25) is 0 Å². The van der Waals surface area contributed by atoms with Crippen LogP contribution in [0.3, 0.4) is 0 Å². The highest BCUT2D eigenvalue weighted by Gasteiger charge is 2.17. The minimum atomic E-state index is 0.00805. The van der Waals surface area contributed by atoms with Gasteiger partial charge in [0.05, 0.1) is 5.56 Å². The Hall–Kier alpha value is -0.740. The zero-order valence-corrected chi connectivity index (χ0v) is 12.1. The van der Waals surface area contributed by atoms with Gasteiger partial charge in [0.2, 0.25) is 0 Å². The molecule has 0 saturated heterocycles. The number of hydrogen-bond donors (Lipinski definition) is 0. The third kappa shape index (κ3) is 2.58. The van der Waals surface area contributed by atoms with Gasteiger partial charge in [0.1, 0.15) is 5.76 Å². The SMILES string of the molecule is CCSc1ccc2c(=O)ccc(C(C)Br)c-2o1. The molecular formula is C13H13BrO2S. The summed E-state index contributed by atoms with van der Waals surface area (Å²) in [6.45, 7) is 4.09. The molecule has 1 aliphatic heterocycles. The second-order valence-corrected chi connectivity index (χ2v) is 6.34. The standard InChI is InChI=1S/C13H13BrO2S/c1-3-17-12-7-5-10-11(15)6-4-9(8(2)14)13(10)16-12/h4-8H,3H2,1-2H3. The topological polar surface area (TPSA) is 30.2 Å². The van der Waals surface area contributed by atoms with Crippen molar-refractivity contribution in [3.8, 4) is 11.3 Å². The smallest absolute Gasteiger partial charge is 0.189 e. The third-order valence-corrected chi connectivity index (χ3v) is 3.78. The molecule has 1 aliphatic carbocycles. The van der Waals surface area contributed by atoms with Gasteiger partial charge < -0.3 is 4.42 Å². The van der Waals surface area contributed by atoms with Gasteiger partial charge in [-0.3, -0.25) is 4.79 Å². The molecule has 0 spiro atoms. The number of rotatable bonds is 3. The molecule has 0 radical (unpaired) electrons. The van der Waals surface area contributed by atoms with Crippen LogP contribution in [0.15, 0.2) is 38.6 Å². The monoisotopic (exact) mass is 312 g/mol. The molecule has 2 nitrogen and oxygen atoms in total. The molecule has 4 heteroatoms. The van der Waals surface area contributed by atoms with Crippen molar-refractivity contribution in [3.63, 3.8) is 0 Å². The summed E-state index contributed by atoms with van der Waals surface area (Å²) in [5.74, 6) is 1.64. The van der Waals surface area contributed by atoms with E-state index in [0.29, 0.717) is 11.3 Å². The quantitative estimate of drug-likeness (QED) is 0.625. The van der Waals surface area contributed by atoms with Gasteiger partial charge in [0.25, 0.3) is 0 Å². The van der Waals surface area contributed by atoms with Gasteiger partial charge in [-0.25, -0.2) is 0 Å². The van der Waals surface area contributed by atoms with Crippen LogP contribution in [0.1, 0.15) is 24.2 Å². The minimum absolute atomic E-state index is 0.00805. The van der Waals surface area contributed by atoms with E-state index in [-0.39, 0.29) is 10.3 Å². The van der Waals surface area contributed by atoms with Gasteiger partial charge in [0, 0.05) is 10.4 Å². The normalized spacial score (nSPS) is 12.9. The maximum absolute atomic E-state index is 11.7. The van der Waals surface area contributed by atoms with E-state index in [0.717, 1.165) is 16.4 Å². The number of fused-ring (bicyclic) bond motifs is 1. The maximum atomic E-state index is 11.7. The van der Waals surface area contributed by atoms with Crippen molar-refractivity contribution in [1.29, 1.82) is 0 Å². The number of hydrogen-bond acceptors (Lipinski definition) is 3. The molecule has 1 unspecified atom stereocenters. The van der Waals surface area contributed by atoms with Gasteiger partial charge in [-0.2, -0.15) is 0 Å². The zero-order chi connectivity index (χ0) is 12.4. The first-order valence-electron chi connectivity index (χ1n) is 5.47. The molecule has 1 heterocycles. The first-order chi connectivity index (χ1) is 8.13. The Balaban J connectivity index is 2.66. The van der Waals surface area contributed by atoms with E-state index in [1.54, 1.807) is 17.8 Å². The molecule has 1 atom stereocenters. The minimum Gasteiger partial charge on any atom is -0.449 e. The first kappa shape index (κ1) is 12.7. The summed E-state index contributed by atoms with van der Waals surface area (Å²) in [4.78, 5) is 11.9. The Bertz CT molecular complexity index is 548. The van der Waals surface area contributed by atoms with Crippen molar-refractivity contribution in [2.45, 2.75) is 23.8 Å². The lowest BCUT2D eigenvalue weighted by molar-refractivity contribution is 0.464. The number of alkyl halides is 1. The lowest BCUT2D eigenvalue weighted by Crippen LogP contribution is -2.06. The Labute approximate surface area is 113 Å². The summed E-state index contributed by atoms with van der Waals surface area (Å²) in [6, 6.07) is 7.13. The number of benzene rings is 1. The largest absolute Gasteiger partial charge is 0.449 e. The molecule has 0 saturated carbocycles. The molecule has 0 fully saturated rings. The lowest BCUT2D eigenvalue weighted by Gasteiger charge is -2.12. The summed E-state index contributed by atoms with van der Waals surface area (Å²) in [6.07, 6.45) is 0. The Kier molecular flexibility index (Phi) is 3.94. The first-order valence-corrected chi connectivity index (χ1v) is 7.37. The van der Waals surface area contributed by atoms with Crippen LogP contribution >= 0.6 is 27.7 Å². The van der Waals surface area contributed by atoms with Gasteiger partial charge in [-0.1, -0.05) is 40.7 Å². The third-order valence-electron chi connectivity index (χ3n) is 2.49. The molecule has 0 aromatic carbocycles. The summed E-state index contributed by atoms with van der Waals surface area (Å²) in [5, 5.41) is 0.847. The van der Waals surface area contributed by atoms with Crippen molar-refractivity contribution in [2.75, 3.05) is 5.75 Å². The number of thioether (sulfide) groups is 1. The van der Waals surface area contributed by atoms with Crippen LogP contribution in [0, 0.1) is 0 Å². The van der Waals surface area contributed by atoms with Crippen molar-refractivity contribution in [1.82, 2.24) is 0 Å². The molecule has 0 aromatic heterocycles. The molecule has 17 heavy (non-hydrogen) atoms. The average molecular weight is 313 g/mol. The predicted octanol–water partition coefficient (Wildman–Crippen LogP) is 4.31. The van der Waals surface area contributed by atoms with E-state index < -0.39 is 0 Å². The van der Waals surface area contributed by atoms with Crippen molar-refractivity contribution < 1.29 is 4.42 Å².